The lowest BCUT2D eigenvalue weighted by Crippen LogP contribution is -2.22. The molecule has 3 aromatic rings. The van der Waals surface area contributed by atoms with Crippen LogP contribution in [0.2, 0.25) is 5.02 Å². The quantitative estimate of drug-likeness (QED) is 0.623. The Morgan fingerprint density at radius 2 is 2.00 bits per heavy atom. The standard InChI is InChI=1S/C20H20ClNO3/c1-13(14-5-4-6-16(21)9-14)22(2)12-15-10-20(23)25-19-11-17(24-3)7-8-18(15)19/h4-11,13H,12H2,1-3H3. The first-order valence-electron chi connectivity index (χ1n) is 8.04. The predicted octanol–water partition coefficient (Wildman–Crippen LogP) is 4.65. The van der Waals surface area contributed by atoms with E-state index in [0.717, 1.165) is 21.5 Å². The van der Waals surface area contributed by atoms with Gasteiger partial charge in [-0.3, -0.25) is 4.90 Å². The van der Waals surface area contributed by atoms with E-state index in [1.807, 2.05) is 37.4 Å². The van der Waals surface area contributed by atoms with E-state index in [2.05, 4.69) is 17.9 Å². The van der Waals surface area contributed by atoms with Gasteiger partial charge in [-0.15, -0.1) is 0 Å². The summed E-state index contributed by atoms with van der Waals surface area (Å²) < 4.78 is 10.5. The van der Waals surface area contributed by atoms with Gasteiger partial charge in [-0.1, -0.05) is 23.7 Å². The van der Waals surface area contributed by atoms with Crippen LogP contribution in [-0.2, 0) is 6.54 Å². The van der Waals surface area contributed by atoms with Crippen LogP contribution in [0, 0.1) is 0 Å². The maximum absolute atomic E-state index is 11.9. The molecule has 0 N–H and O–H groups in total. The predicted molar refractivity (Wildman–Crippen MR) is 100 cm³/mol. The fourth-order valence-electron chi connectivity index (χ4n) is 2.89. The van der Waals surface area contributed by atoms with Crippen molar-refractivity contribution in [2.75, 3.05) is 14.2 Å². The monoisotopic (exact) mass is 357 g/mol. The molecule has 3 rings (SSSR count). The normalized spacial score (nSPS) is 12.5. The molecule has 4 nitrogen and oxygen atoms in total. The minimum atomic E-state index is -0.362. The minimum Gasteiger partial charge on any atom is -0.497 e. The fourth-order valence-corrected chi connectivity index (χ4v) is 3.09. The van der Waals surface area contributed by atoms with Gasteiger partial charge in [0.1, 0.15) is 11.3 Å². The maximum Gasteiger partial charge on any atom is 0.336 e. The molecule has 1 aromatic heterocycles. The zero-order valence-electron chi connectivity index (χ0n) is 14.5. The molecule has 0 aliphatic rings. The zero-order valence-corrected chi connectivity index (χ0v) is 15.2. The van der Waals surface area contributed by atoms with E-state index in [9.17, 15) is 4.79 Å². The topological polar surface area (TPSA) is 42.7 Å². The van der Waals surface area contributed by atoms with Crippen molar-refractivity contribution in [3.05, 3.63) is 75.1 Å². The summed E-state index contributed by atoms with van der Waals surface area (Å²) in [6, 6.07) is 15.1. The molecule has 0 aliphatic carbocycles. The number of hydrogen-bond donors (Lipinski definition) is 0. The molecule has 0 aliphatic heterocycles. The molecule has 0 saturated carbocycles. The number of halogens is 1. The highest BCUT2D eigenvalue weighted by Gasteiger charge is 2.15. The molecule has 2 aromatic carbocycles. The molecule has 5 heteroatoms. The summed E-state index contributed by atoms with van der Waals surface area (Å²) in [5.74, 6) is 0.661. The van der Waals surface area contributed by atoms with Gasteiger partial charge < -0.3 is 9.15 Å². The average Bonchev–Trinajstić information content (AvgIpc) is 2.60. The number of benzene rings is 2. The van der Waals surface area contributed by atoms with Crippen molar-refractivity contribution < 1.29 is 9.15 Å². The molecule has 0 fully saturated rings. The van der Waals surface area contributed by atoms with Gasteiger partial charge in [-0.25, -0.2) is 4.79 Å². The SMILES string of the molecule is COc1ccc2c(CN(C)C(C)c3cccc(Cl)c3)cc(=O)oc2c1. The highest BCUT2D eigenvalue weighted by Crippen LogP contribution is 2.27. The summed E-state index contributed by atoms with van der Waals surface area (Å²) in [4.78, 5) is 14.1. The van der Waals surface area contributed by atoms with Crippen LogP contribution in [0.15, 0.2) is 57.7 Å². The Labute approximate surface area is 151 Å². The molecule has 0 bridgehead atoms. The van der Waals surface area contributed by atoms with Gasteiger partial charge in [0, 0.05) is 35.1 Å². The summed E-state index contributed by atoms with van der Waals surface area (Å²) in [6.07, 6.45) is 0. The highest BCUT2D eigenvalue weighted by molar-refractivity contribution is 6.30. The van der Waals surface area contributed by atoms with Crippen LogP contribution in [-0.4, -0.2) is 19.1 Å². The Morgan fingerprint density at radius 3 is 2.72 bits per heavy atom. The molecule has 0 radical (unpaired) electrons. The van der Waals surface area contributed by atoms with Crippen LogP contribution in [0.3, 0.4) is 0 Å². The van der Waals surface area contributed by atoms with E-state index >= 15 is 0 Å². The van der Waals surface area contributed by atoms with Crippen LogP contribution in [0.4, 0.5) is 0 Å². The van der Waals surface area contributed by atoms with Crippen molar-refractivity contribution in [3.63, 3.8) is 0 Å². The third-order valence-corrected chi connectivity index (χ3v) is 4.68. The van der Waals surface area contributed by atoms with Gasteiger partial charge in [-0.05, 0) is 49.4 Å². The highest BCUT2D eigenvalue weighted by atomic mass is 35.5. The van der Waals surface area contributed by atoms with Crippen LogP contribution < -0.4 is 10.4 Å². The number of fused-ring (bicyclic) bond motifs is 1. The van der Waals surface area contributed by atoms with E-state index < -0.39 is 0 Å². The second-order valence-electron chi connectivity index (χ2n) is 6.10. The largest absolute Gasteiger partial charge is 0.497 e. The average molecular weight is 358 g/mol. The van der Waals surface area contributed by atoms with Crippen molar-refractivity contribution in [2.45, 2.75) is 19.5 Å². The molecular weight excluding hydrogens is 338 g/mol. The zero-order chi connectivity index (χ0) is 18.0. The molecular formula is C20H20ClNO3. The molecule has 0 saturated heterocycles. The third kappa shape index (κ3) is 3.86. The second kappa shape index (κ2) is 7.30. The Balaban J connectivity index is 1.92. The van der Waals surface area contributed by atoms with Crippen molar-refractivity contribution in [2.24, 2.45) is 0 Å². The molecule has 130 valence electrons. The first-order chi connectivity index (χ1) is 12.0. The summed E-state index contributed by atoms with van der Waals surface area (Å²) in [5, 5.41) is 1.63. The lowest BCUT2D eigenvalue weighted by atomic mass is 10.1. The van der Waals surface area contributed by atoms with Crippen LogP contribution in [0.1, 0.15) is 24.1 Å². The number of rotatable bonds is 5. The second-order valence-corrected chi connectivity index (χ2v) is 6.54. The van der Waals surface area contributed by atoms with Crippen LogP contribution in [0.5, 0.6) is 5.75 Å². The van der Waals surface area contributed by atoms with Gasteiger partial charge in [0.05, 0.1) is 7.11 Å². The van der Waals surface area contributed by atoms with E-state index in [1.165, 1.54) is 0 Å². The number of ether oxygens (including phenoxy) is 1. The van der Waals surface area contributed by atoms with Crippen LogP contribution >= 0.6 is 11.6 Å². The van der Waals surface area contributed by atoms with Gasteiger partial charge >= 0.3 is 5.63 Å². The molecule has 1 unspecified atom stereocenters. The van der Waals surface area contributed by atoms with E-state index in [4.69, 9.17) is 20.8 Å². The van der Waals surface area contributed by atoms with E-state index in [1.54, 1.807) is 19.2 Å². The first kappa shape index (κ1) is 17.5. The van der Waals surface area contributed by atoms with Gasteiger partial charge in [0.2, 0.25) is 0 Å². The Bertz CT molecular complexity index is 951. The molecule has 0 amide bonds. The molecule has 1 heterocycles. The third-order valence-electron chi connectivity index (χ3n) is 4.45. The lowest BCUT2D eigenvalue weighted by Gasteiger charge is -2.25. The fraction of sp³-hybridized carbons (Fsp3) is 0.250. The Hall–Kier alpha value is -2.30. The van der Waals surface area contributed by atoms with Crippen molar-refractivity contribution in [1.29, 1.82) is 0 Å². The Kier molecular flexibility index (Phi) is 5.11. The molecule has 0 spiro atoms. The molecule has 1 atom stereocenters. The van der Waals surface area contributed by atoms with Crippen molar-refractivity contribution in [1.82, 2.24) is 4.90 Å². The Morgan fingerprint density at radius 1 is 1.20 bits per heavy atom. The van der Waals surface area contributed by atoms with Crippen molar-refractivity contribution in [3.8, 4) is 5.75 Å². The van der Waals surface area contributed by atoms with Crippen molar-refractivity contribution >= 4 is 22.6 Å². The summed E-state index contributed by atoms with van der Waals surface area (Å²) in [5.41, 5.74) is 2.22. The first-order valence-corrected chi connectivity index (χ1v) is 8.42. The van der Waals surface area contributed by atoms with Crippen LogP contribution in [0.25, 0.3) is 11.0 Å². The number of hydrogen-bond acceptors (Lipinski definition) is 4. The van der Waals surface area contributed by atoms with Gasteiger partial charge in [0.25, 0.3) is 0 Å². The number of nitrogens with zero attached hydrogens (tertiary/aromatic N) is 1. The summed E-state index contributed by atoms with van der Waals surface area (Å²) >= 11 is 6.10. The summed E-state index contributed by atoms with van der Waals surface area (Å²) in [6.45, 7) is 2.73. The summed E-state index contributed by atoms with van der Waals surface area (Å²) in [7, 11) is 3.61. The minimum absolute atomic E-state index is 0.152. The van der Waals surface area contributed by atoms with E-state index in [-0.39, 0.29) is 11.7 Å². The number of methoxy groups -OCH3 is 1. The maximum atomic E-state index is 11.9. The van der Waals surface area contributed by atoms with E-state index in [0.29, 0.717) is 17.9 Å². The van der Waals surface area contributed by atoms with Gasteiger partial charge in [0.15, 0.2) is 0 Å². The lowest BCUT2D eigenvalue weighted by molar-refractivity contribution is 0.253. The van der Waals surface area contributed by atoms with Gasteiger partial charge in [-0.2, -0.15) is 0 Å². The smallest absolute Gasteiger partial charge is 0.336 e. The molecule has 25 heavy (non-hydrogen) atoms.